The number of halogens is 2. The van der Waals surface area contributed by atoms with Crippen molar-refractivity contribution in [2.45, 2.75) is 69.5 Å². The van der Waals surface area contributed by atoms with Gasteiger partial charge in [-0.25, -0.2) is 18.7 Å². The molecule has 2 unspecified atom stereocenters. The predicted octanol–water partition coefficient (Wildman–Crippen LogP) is 5.76. The molecule has 9 heteroatoms. The largest absolute Gasteiger partial charge is 0.398 e. The number of terminal acetylenes is 1. The van der Waals surface area contributed by atoms with E-state index in [0.717, 1.165) is 50.0 Å². The van der Waals surface area contributed by atoms with Gasteiger partial charge in [0, 0.05) is 66.9 Å². The van der Waals surface area contributed by atoms with Crippen molar-refractivity contribution < 1.29 is 8.78 Å². The molecule has 236 valence electrons. The molecule has 5 aliphatic heterocycles. The van der Waals surface area contributed by atoms with Gasteiger partial charge in [-0.05, 0) is 81.1 Å². The molecule has 6 heterocycles. The zero-order chi connectivity index (χ0) is 31.7. The number of nitrogens with two attached hydrogens (primary N) is 1. The zero-order valence-corrected chi connectivity index (χ0v) is 26.5. The van der Waals surface area contributed by atoms with E-state index in [2.05, 4.69) is 26.0 Å². The number of benzene rings is 3. The number of hydrogen-bond donors (Lipinski definition) is 2. The first-order valence-corrected chi connectivity index (χ1v) is 16.5. The van der Waals surface area contributed by atoms with Gasteiger partial charge in [0.1, 0.15) is 23.0 Å². The topological polar surface area (TPSA) is 82.7 Å². The van der Waals surface area contributed by atoms with Gasteiger partial charge in [-0.1, -0.05) is 24.1 Å². The van der Waals surface area contributed by atoms with Crippen molar-refractivity contribution in [1.82, 2.24) is 20.2 Å². The van der Waals surface area contributed by atoms with Crippen molar-refractivity contribution in [3.8, 4) is 23.5 Å². The van der Waals surface area contributed by atoms with Gasteiger partial charge < -0.3 is 16.0 Å². The van der Waals surface area contributed by atoms with Crippen molar-refractivity contribution in [3.05, 3.63) is 58.4 Å². The highest BCUT2D eigenvalue weighted by atomic mass is 19.1. The zero-order valence-electron chi connectivity index (χ0n) is 26.5. The van der Waals surface area contributed by atoms with E-state index in [1.54, 1.807) is 19.3 Å². The molecule has 0 saturated carbocycles. The Morgan fingerprint density at radius 1 is 1.13 bits per heavy atom. The Bertz CT molecular complexity index is 1950. The van der Waals surface area contributed by atoms with Crippen LogP contribution >= 0.6 is 0 Å². The number of aliphatic imine (C=N–C) groups is 1. The molecule has 4 aromatic rings. The molecule has 2 atom stereocenters. The molecule has 0 aliphatic carbocycles. The third-order valence-electron chi connectivity index (χ3n) is 10.9. The number of fused-ring (bicyclic) bond motifs is 5. The lowest BCUT2D eigenvalue weighted by atomic mass is 9.88. The van der Waals surface area contributed by atoms with Crippen LogP contribution < -0.4 is 16.0 Å². The third-order valence-corrected chi connectivity index (χ3v) is 10.9. The number of nitrogens with zero attached hydrogens (tertiary/aromatic N) is 5. The maximum Gasteiger partial charge on any atom is 0.159 e. The lowest BCUT2D eigenvalue weighted by Crippen LogP contribution is -2.67. The quantitative estimate of drug-likeness (QED) is 0.162. The lowest BCUT2D eigenvalue weighted by Gasteiger charge is -2.49. The summed E-state index contributed by atoms with van der Waals surface area (Å²) in [6.45, 7) is 5.77. The number of piperazine rings is 1. The van der Waals surface area contributed by atoms with Crippen LogP contribution in [0.5, 0.6) is 0 Å². The van der Waals surface area contributed by atoms with Crippen molar-refractivity contribution >= 4 is 39.4 Å². The molecule has 5 aliphatic rings. The molecule has 7 nitrogen and oxygen atoms in total. The average molecular weight is 620 g/mol. The average Bonchev–Trinajstić information content (AvgIpc) is 3.62. The van der Waals surface area contributed by atoms with Crippen LogP contribution in [-0.2, 0) is 6.42 Å². The van der Waals surface area contributed by atoms with Gasteiger partial charge in [-0.3, -0.25) is 9.89 Å². The molecule has 2 bridgehead atoms. The molecule has 5 saturated heterocycles. The smallest absolute Gasteiger partial charge is 0.159 e. The van der Waals surface area contributed by atoms with E-state index < -0.39 is 11.6 Å². The first kappa shape index (κ1) is 29.3. The van der Waals surface area contributed by atoms with Gasteiger partial charge >= 0.3 is 0 Å². The Morgan fingerprint density at radius 3 is 2.57 bits per heavy atom. The van der Waals surface area contributed by atoms with Gasteiger partial charge in [-0.2, -0.15) is 0 Å². The van der Waals surface area contributed by atoms with Crippen LogP contribution in [0.4, 0.5) is 20.3 Å². The Morgan fingerprint density at radius 2 is 1.87 bits per heavy atom. The number of aryl methyl sites for hydroxylation is 2. The van der Waals surface area contributed by atoms with Gasteiger partial charge in [0.15, 0.2) is 5.82 Å². The van der Waals surface area contributed by atoms with E-state index in [1.165, 1.54) is 31.7 Å². The molecule has 3 aromatic carbocycles. The Labute approximate surface area is 268 Å². The normalized spacial score (nSPS) is 22.1. The molecular weight excluding hydrogens is 580 g/mol. The molecule has 0 spiro atoms. The molecule has 3 N–H and O–H groups in total. The van der Waals surface area contributed by atoms with Crippen LogP contribution in [0.3, 0.4) is 0 Å². The molecule has 0 amide bonds. The first-order chi connectivity index (χ1) is 22.3. The number of rotatable bonds is 6. The van der Waals surface area contributed by atoms with E-state index in [-0.39, 0.29) is 27.9 Å². The lowest BCUT2D eigenvalue weighted by molar-refractivity contribution is 0.181. The number of hydrogen-bond acceptors (Lipinski definition) is 7. The second kappa shape index (κ2) is 11.0. The van der Waals surface area contributed by atoms with E-state index in [0.29, 0.717) is 52.0 Å². The summed E-state index contributed by atoms with van der Waals surface area (Å²) in [6.07, 6.45) is 15.1. The van der Waals surface area contributed by atoms with Crippen LogP contribution in [0.2, 0.25) is 0 Å². The van der Waals surface area contributed by atoms with Gasteiger partial charge in [0.05, 0.1) is 16.6 Å². The first-order valence-electron chi connectivity index (χ1n) is 16.5. The highest BCUT2D eigenvalue weighted by Crippen LogP contribution is 2.45. The monoisotopic (exact) mass is 619 g/mol. The summed E-state index contributed by atoms with van der Waals surface area (Å²) in [4.78, 5) is 19.4. The third kappa shape index (κ3) is 4.49. The molecule has 0 radical (unpaired) electrons. The minimum Gasteiger partial charge on any atom is -0.398 e. The van der Waals surface area contributed by atoms with E-state index in [4.69, 9.17) is 22.1 Å². The second-order valence-corrected chi connectivity index (χ2v) is 13.7. The minimum absolute atomic E-state index is 0.0816. The Hall–Kier alpha value is -4.13. The fourth-order valence-electron chi connectivity index (χ4n) is 8.87. The van der Waals surface area contributed by atoms with E-state index in [9.17, 15) is 0 Å². The second-order valence-electron chi connectivity index (χ2n) is 13.7. The predicted molar refractivity (Wildman–Crippen MR) is 182 cm³/mol. The highest BCUT2D eigenvalue weighted by Gasteiger charge is 2.44. The van der Waals surface area contributed by atoms with Crippen molar-refractivity contribution in [2.24, 2.45) is 4.99 Å². The van der Waals surface area contributed by atoms with Gasteiger partial charge in [-0.15, -0.1) is 6.42 Å². The SMILES string of the molecule is C#Cc1c(F)ccc2cc(C)cc(-c3c(N)c(C=NC)c4c(N5CC6CC(C5)N6)nc(CCC56CCCN5CCC6)nc4c3F)c12. The summed E-state index contributed by atoms with van der Waals surface area (Å²) < 4.78 is 32.5. The van der Waals surface area contributed by atoms with E-state index in [1.807, 2.05) is 19.1 Å². The van der Waals surface area contributed by atoms with E-state index >= 15 is 8.78 Å². The van der Waals surface area contributed by atoms with Gasteiger partial charge in [0.25, 0.3) is 0 Å². The van der Waals surface area contributed by atoms with Crippen LogP contribution in [-0.4, -0.2) is 71.9 Å². The maximum atomic E-state index is 17.4. The summed E-state index contributed by atoms with van der Waals surface area (Å²) in [5, 5.41) is 5.33. The number of anilines is 2. The molecule has 9 rings (SSSR count). The van der Waals surface area contributed by atoms with Crippen LogP contribution in [0.25, 0.3) is 32.8 Å². The number of piperidine rings is 1. The molecule has 46 heavy (non-hydrogen) atoms. The summed E-state index contributed by atoms with van der Waals surface area (Å²) in [6, 6.07) is 7.53. The standard InChI is InChI=1S/C37H39F2N7/c1-4-25-28(38)8-7-22-15-21(2)16-26(30(22)25)31-33(39)35-32(27(18-41-3)34(31)40)36(45-19-23-17-24(20-45)42-23)44-29(43-35)9-12-37-10-5-13-46(37)14-6-11-37/h1,7-8,15-16,18,23-24,42H,5-6,9-14,17,19-20,40H2,2-3H3. The molecular formula is C37H39F2N7. The minimum atomic E-state index is -0.549. The summed E-state index contributed by atoms with van der Waals surface area (Å²) >= 11 is 0. The summed E-state index contributed by atoms with van der Waals surface area (Å²) in [5.41, 5.74) is 9.68. The number of nitrogens with one attached hydrogen (secondary N) is 1. The van der Waals surface area contributed by atoms with Crippen molar-refractivity contribution in [2.75, 3.05) is 43.9 Å². The Balaban J connectivity index is 1.38. The molecule has 5 fully saturated rings. The highest BCUT2D eigenvalue weighted by molar-refractivity contribution is 6.15. The molecule has 1 aromatic heterocycles. The van der Waals surface area contributed by atoms with Gasteiger partial charge in [0.2, 0.25) is 0 Å². The van der Waals surface area contributed by atoms with Crippen molar-refractivity contribution in [3.63, 3.8) is 0 Å². The van der Waals surface area contributed by atoms with Crippen LogP contribution in [0, 0.1) is 30.9 Å². The van der Waals surface area contributed by atoms with Crippen LogP contribution in [0.15, 0.2) is 29.3 Å². The Kier molecular flexibility index (Phi) is 7.00. The fourth-order valence-corrected chi connectivity index (χ4v) is 8.87. The fraction of sp³-hybridized carbons (Fsp3) is 0.432. The van der Waals surface area contributed by atoms with Crippen LogP contribution in [0.1, 0.15) is 61.0 Å². The maximum absolute atomic E-state index is 17.4. The summed E-state index contributed by atoms with van der Waals surface area (Å²) in [5.74, 6) is 2.77. The number of nitrogen functional groups attached to an aromatic ring is 1. The summed E-state index contributed by atoms with van der Waals surface area (Å²) in [7, 11) is 1.67. The van der Waals surface area contributed by atoms with Crippen molar-refractivity contribution in [1.29, 1.82) is 0 Å². The number of aromatic nitrogens is 2.